The fourth-order valence-corrected chi connectivity index (χ4v) is 1.50. The van der Waals surface area contributed by atoms with Gasteiger partial charge in [0.15, 0.2) is 11.5 Å². The average Bonchev–Trinajstić information content (AvgIpc) is 2.33. The highest BCUT2D eigenvalue weighted by molar-refractivity contribution is 5.75. The molecule has 0 saturated carbocycles. The van der Waals surface area contributed by atoms with Crippen molar-refractivity contribution in [3.05, 3.63) is 18.2 Å². The molecule has 5 heteroatoms. The standard InChI is InChI=1S/C14H21NO4/c1-14(2,3)19-13(16)9-15-10-6-7-11(17-4)12(8-10)18-5/h6-8,15H,9H2,1-5H3. The summed E-state index contributed by atoms with van der Waals surface area (Å²) in [4.78, 5) is 11.6. The van der Waals surface area contributed by atoms with Crippen molar-refractivity contribution in [3.8, 4) is 11.5 Å². The van der Waals surface area contributed by atoms with Gasteiger partial charge in [0, 0.05) is 11.8 Å². The Morgan fingerprint density at radius 2 is 1.79 bits per heavy atom. The summed E-state index contributed by atoms with van der Waals surface area (Å²) < 4.78 is 15.5. The van der Waals surface area contributed by atoms with Crippen LogP contribution in [0.4, 0.5) is 5.69 Å². The van der Waals surface area contributed by atoms with Crippen LogP contribution >= 0.6 is 0 Å². The highest BCUT2D eigenvalue weighted by atomic mass is 16.6. The van der Waals surface area contributed by atoms with Crippen LogP contribution in [-0.4, -0.2) is 32.3 Å². The molecule has 0 heterocycles. The summed E-state index contributed by atoms with van der Waals surface area (Å²) in [6.45, 7) is 5.61. The van der Waals surface area contributed by atoms with Crippen molar-refractivity contribution in [2.24, 2.45) is 0 Å². The van der Waals surface area contributed by atoms with Gasteiger partial charge in [-0.3, -0.25) is 4.79 Å². The minimum absolute atomic E-state index is 0.104. The van der Waals surface area contributed by atoms with Gasteiger partial charge in [0.1, 0.15) is 12.1 Å². The number of anilines is 1. The van der Waals surface area contributed by atoms with Gasteiger partial charge in [-0.25, -0.2) is 0 Å². The molecule has 0 aliphatic rings. The Balaban J connectivity index is 2.61. The highest BCUT2D eigenvalue weighted by Gasteiger charge is 2.16. The molecule has 0 spiro atoms. The van der Waals surface area contributed by atoms with Crippen LogP contribution in [0, 0.1) is 0 Å². The van der Waals surface area contributed by atoms with E-state index in [9.17, 15) is 4.79 Å². The normalized spacial score (nSPS) is 10.8. The monoisotopic (exact) mass is 267 g/mol. The summed E-state index contributed by atoms with van der Waals surface area (Å²) in [5.74, 6) is 0.948. The lowest BCUT2D eigenvalue weighted by molar-refractivity contribution is -0.152. The van der Waals surface area contributed by atoms with Gasteiger partial charge < -0.3 is 19.5 Å². The second-order valence-electron chi connectivity index (χ2n) is 5.01. The molecule has 0 fully saturated rings. The number of hydrogen-bond acceptors (Lipinski definition) is 5. The van der Waals surface area contributed by atoms with Crippen LogP contribution in [0.15, 0.2) is 18.2 Å². The van der Waals surface area contributed by atoms with Crippen LogP contribution in [0.3, 0.4) is 0 Å². The smallest absolute Gasteiger partial charge is 0.325 e. The van der Waals surface area contributed by atoms with Gasteiger partial charge in [0.2, 0.25) is 0 Å². The third kappa shape index (κ3) is 5.07. The van der Waals surface area contributed by atoms with Gasteiger partial charge in [-0.05, 0) is 32.9 Å². The summed E-state index contributed by atoms with van der Waals surface area (Å²) in [6, 6.07) is 5.35. The van der Waals surface area contributed by atoms with E-state index in [0.717, 1.165) is 5.69 Å². The molecule has 0 aliphatic carbocycles. The first kappa shape index (κ1) is 15.1. The number of nitrogens with one attached hydrogen (secondary N) is 1. The molecular weight excluding hydrogens is 246 g/mol. The highest BCUT2D eigenvalue weighted by Crippen LogP contribution is 2.29. The molecule has 5 nitrogen and oxygen atoms in total. The van der Waals surface area contributed by atoms with Crippen molar-refractivity contribution in [1.82, 2.24) is 0 Å². The van der Waals surface area contributed by atoms with Gasteiger partial charge in [-0.1, -0.05) is 0 Å². The number of carbonyl (C=O) groups excluding carboxylic acids is 1. The summed E-state index contributed by atoms with van der Waals surface area (Å²) in [5.41, 5.74) is 0.291. The van der Waals surface area contributed by atoms with Crippen LogP contribution in [0.2, 0.25) is 0 Å². The number of rotatable bonds is 5. The maximum atomic E-state index is 11.6. The Labute approximate surface area is 113 Å². The van der Waals surface area contributed by atoms with Gasteiger partial charge in [-0.2, -0.15) is 0 Å². The number of ether oxygens (including phenoxy) is 3. The molecule has 0 aliphatic heterocycles. The fraction of sp³-hybridized carbons (Fsp3) is 0.500. The van der Waals surface area contributed by atoms with E-state index in [1.807, 2.05) is 26.8 Å². The Morgan fingerprint density at radius 1 is 1.16 bits per heavy atom. The number of benzene rings is 1. The molecule has 1 N–H and O–H groups in total. The van der Waals surface area contributed by atoms with Crippen molar-refractivity contribution in [2.45, 2.75) is 26.4 Å². The van der Waals surface area contributed by atoms with Gasteiger partial charge >= 0.3 is 5.97 Å². The summed E-state index contributed by atoms with van der Waals surface area (Å²) in [5, 5.41) is 2.98. The minimum atomic E-state index is -0.476. The molecule has 0 bridgehead atoms. The molecule has 0 atom stereocenters. The van der Waals surface area contributed by atoms with Crippen LogP contribution < -0.4 is 14.8 Å². The molecular formula is C14H21NO4. The predicted octanol–water partition coefficient (Wildman–Crippen LogP) is 2.46. The van der Waals surface area contributed by atoms with Crippen LogP contribution in [0.5, 0.6) is 11.5 Å². The molecule has 0 radical (unpaired) electrons. The summed E-state index contributed by atoms with van der Waals surface area (Å²) >= 11 is 0. The zero-order valence-electron chi connectivity index (χ0n) is 12.1. The van der Waals surface area contributed by atoms with E-state index in [1.54, 1.807) is 26.4 Å². The van der Waals surface area contributed by atoms with Crippen molar-refractivity contribution in [2.75, 3.05) is 26.1 Å². The van der Waals surface area contributed by atoms with E-state index in [4.69, 9.17) is 14.2 Å². The summed E-state index contributed by atoms with van der Waals surface area (Å²) in [6.07, 6.45) is 0. The van der Waals surface area contributed by atoms with Crippen LogP contribution in [-0.2, 0) is 9.53 Å². The van der Waals surface area contributed by atoms with Gasteiger partial charge in [0.05, 0.1) is 14.2 Å². The number of hydrogen-bond donors (Lipinski definition) is 1. The lowest BCUT2D eigenvalue weighted by atomic mass is 10.2. The Hall–Kier alpha value is -1.91. The predicted molar refractivity (Wildman–Crippen MR) is 73.9 cm³/mol. The first-order chi connectivity index (χ1) is 8.85. The lowest BCUT2D eigenvalue weighted by Crippen LogP contribution is -2.28. The summed E-state index contributed by atoms with van der Waals surface area (Å²) in [7, 11) is 3.14. The van der Waals surface area contributed by atoms with Crippen molar-refractivity contribution in [3.63, 3.8) is 0 Å². The molecule has 0 unspecified atom stereocenters. The van der Waals surface area contributed by atoms with E-state index in [-0.39, 0.29) is 12.5 Å². The topological polar surface area (TPSA) is 56.8 Å². The second kappa shape index (κ2) is 6.31. The van der Waals surface area contributed by atoms with E-state index in [0.29, 0.717) is 11.5 Å². The quantitative estimate of drug-likeness (QED) is 0.830. The Bertz CT molecular complexity index is 438. The molecule has 0 saturated heterocycles. The molecule has 1 aromatic carbocycles. The molecule has 19 heavy (non-hydrogen) atoms. The number of carbonyl (C=O) groups is 1. The van der Waals surface area contributed by atoms with Crippen molar-refractivity contribution in [1.29, 1.82) is 0 Å². The van der Waals surface area contributed by atoms with Crippen LogP contribution in [0.1, 0.15) is 20.8 Å². The van der Waals surface area contributed by atoms with E-state index >= 15 is 0 Å². The van der Waals surface area contributed by atoms with E-state index in [2.05, 4.69) is 5.32 Å². The lowest BCUT2D eigenvalue weighted by Gasteiger charge is -2.19. The van der Waals surface area contributed by atoms with E-state index in [1.165, 1.54) is 0 Å². The maximum Gasteiger partial charge on any atom is 0.325 e. The molecule has 1 aromatic rings. The molecule has 0 amide bonds. The van der Waals surface area contributed by atoms with Crippen molar-refractivity contribution >= 4 is 11.7 Å². The third-order valence-electron chi connectivity index (χ3n) is 2.24. The maximum absolute atomic E-state index is 11.6. The first-order valence-electron chi connectivity index (χ1n) is 6.03. The second-order valence-corrected chi connectivity index (χ2v) is 5.01. The third-order valence-corrected chi connectivity index (χ3v) is 2.24. The fourth-order valence-electron chi connectivity index (χ4n) is 1.50. The largest absolute Gasteiger partial charge is 0.493 e. The minimum Gasteiger partial charge on any atom is -0.493 e. The van der Waals surface area contributed by atoms with E-state index < -0.39 is 5.60 Å². The first-order valence-corrected chi connectivity index (χ1v) is 6.03. The van der Waals surface area contributed by atoms with Gasteiger partial charge in [0.25, 0.3) is 0 Å². The average molecular weight is 267 g/mol. The Kier molecular flexibility index (Phi) is 5.03. The molecule has 106 valence electrons. The Morgan fingerprint density at radius 3 is 2.32 bits per heavy atom. The molecule has 0 aromatic heterocycles. The van der Waals surface area contributed by atoms with Crippen LogP contribution in [0.25, 0.3) is 0 Å². The SMILES string of the molecule is COc1ccc(NCC(=O)OC(C)(C)C)cc1OC. The molecule has 1 rings (SSSR count). The van der Waals surface area contributed by atoms with Crippen molar-refractivity contribution < 1.29 is 19.0 Å². The number of esters is 1. The zero-order chi connectivity index (χ0) is 14.5. The van der Waals surface area contributed by atoms with Gasteiger partial charge in [-0.15, -0.1) is 0 Å². The number of methoxy groups -OCH3 is 2. The zero-order valence-corrected chi connectivity index (χ0v) is 12.1.